The summed E-state index contributed by atoms with van der Waals surface area (Å²) in [7, 11) is -3.50. The maximum absolute atomic E-state index is 12.2. The Morgan fingerprint density at radius 2 is 1.74 bits per heavy atom. The molecule has 0 heterocycles. The number of aryl methyl sites for hydroxylation is 1. The van der Waals surface area contributed by atoms with Gasteiger partial charge in [0.15, 0.2) is 0 Å². The van der Waals surface area contributed by atoms with Crippen molar-refractivity contribution >= 4 is 21.6 Å². The normalized spacial score (nSPS) is 11.4. The zero-order chi connectivity index (χ0) is 19.9. The summed E-state index contributed by atoms with van der Waals surface area (Å²) in [6.45, 7) is 5.95. The Kier molecular flexibility index (Phi) is 7.38. The van der Waals surface area contributed by atoms with Crippen molar-refractivity contribution in [1.29, 1.82) is 0 Å². The highest BCUT2D eigenvalue weighted by atomic mass is 32.2. The van der Waals surface area contributed by atoms with Gasteiger partial charge in [-0.2, -0.15) is 0 Å². The third-order valence-electron chi connectivity index (χ3n) is 3.73. The van der Waals surface area contributed by atoms with Gasteiger partial charge in [0.05, 0.1) is 17.2 Å². The molecule has 0 saturated carbocycles. The van der Waals surface area contributed by atoms with Crippen LogP contribution >= 0.6 is 0 Å². The summed E-state index contributed by atoms with van der Waals surface area (Å²) < 4.78 is 32.3. The lowest BCUT2D eigenvalue weighted by Crippen LogP contribution is -2.30. The van der Waals surface area contributed by atoms with Gasteiger partial charge in [-0.25, -0.2) is 13.1 Å². The molecule has 2 aromatic carbocycles. The Morgan fingerprint density at radius 1 is 1.07 bits per heavy atom. The highest BCUT2D eigenvalue weighted by Gasteiger charge is 2.15. The maximum Gasteiger partial charge on any atom is 0.240 e. The molecule has 0 aliphatic heterocycles. The average molecular weight is 391 g/mol. The number of benzene rings is 2. The minimum atomic E-state index is -3.50. The summed E-state index contributed by atoms with van der Waals surface area (Å²) in [6, 6.07) is 13.7. The molecule has 2 aromatic rings. The van der Waals surface area contributed by atoms with Gasteiger partial charge < -0.3 is 10.1 Å². The van der Waals surface area contributed by atoms with Crippen LogP contribution in [0.1, 0.15) is 32.8 Å². The Labute approximate surface area is 161 Å². The van der Waals surface area contributed by atoms with E-state index in [1.807, 2.05) is 25.1 Å². The second-order valence-electron chi connectivity index (χ2n) is 6.40. The van der Waals surface area contributed by atoms with Crippen molar-refractivity contribution in [3.63, 3.8) is 0 Å². The predicted octanol–water partition coefficient (Wildman–Crippen LogP) is 3.34. The zero-order valence-corrected chi connectivity index (χ0v) is 16.7. The van der Waals surface area contributed by atoms with Crippen LogP contribution in [0.5, 0.6) is 5.75 Å². The van der Waals surface area contributed by atoms with Crippen molar-refractivity contribution in [2.45, 2.75) is 44.6 Å². The van der Waals surface area contributed by atoms with E-state index >= 15 is 0 Å². The Morgan fingerprint density at radius 3 is 2.37 bits per heavy atom. The fraction of sp³-hybridized carbons (Fsp3) is 0.350. The minimum Gasteiger partial charge on any atom is -0.492 e. The third-order valence-corrected chi connectivity index (χ3v) is 5.40. The Balaban J connectivity index is 1.94. The molecule has 0 aliphatic rings. The van der Waals surface area contributed by atoms with E-state index in [0.717, 1.165) is 5.56 Å². The van der Waals surface area contributed by atoms with Gasteiger partial charge in [0, 0.05) is 12.5 Å². The van der Waals surface area contributed by atoms with Crippen LogP contribution in [-0.4, -0.2) is 27.0 Å². The molecule has 0 atom stereocenters. The number of anilines is 1. The Bertz CT molecular complexity index is 862. The van der Waals surface area contributed by atoms with E-state index in [9.17, 15) is 13.2 Å². The van der Waals surface area contributed by atoms with Crippen molar-refractivity contribution in [3.05, 3.63) is 54.1 Å². The molecular formula is C20H26N2O4S. The van der Waals surface area contributed by atoms with Gasteiger partial charge >= 0.3 is 0 Å². The van der Waals surface area contributed by atoms with E-state index in [1.165, 1.54) is 0 Å². The molecule has 0 bridgehead atoms. The molecule has 146 valence electrons. The van der Waals surface area contributed by atoms with Gasteiger partial charge in [-0.15, -0.1) is 0 Å². The van der Waals surface area contributed by atoms with Crippen molar-refractivity contribution < 1.29 is 17.9 Å². The molecule has 0 saturated heterocycles. The number of carbonyl (C=O) groups is 1. The minimum absolute atomic E-state index is 0.125. The molecule has 2 rings (SSSR count). The van der Waals surface area contributed by atoms with Crippen molar-refractivity contribution in [1.82, 2.24) is 4.72 Å². The van der Waals surface area contributed by atoms with Crippen LogP contribution in [0, 0.1) is 0 Å². The number of para-hydroxylation sites is 2. The smallest absolute Gasteiger partial charge is 0.240 e. The summed E-state index contributed by atoms with van der Waals surface area (Å²) in [4.78, 5) is 12.4. The highest BCUT2D eigenvalue weighted by Crippen LogP contribution is 2.24. The monoisotopic (exact) mass is 390 g/mol. The van der Waals surface area contributed by atoms with Crippen LogP contribution in [0.15, 0.2) is 53.4 Å². The first-order valence-corrected chi connectivity index (χ1v) is 10.4. The van der Waals surface area contributed by atoms with Crippen LogP contribution < -0.4 is 14.8 Å². The number of carbonyl (C=O) groups excluding carboxylic acids is 1. The summed E-state index contributed by atoms with van der Waals surface area (Å²) in [5, 5.41) is 2.85. The highest BCUT2D eigenvalue weighted by molar-refractivity contribution is 7.89. The Hall–Kier alpha value is -2.38. The maximum atomic E-state index is 12.2. The summed E-state index contributed by atoms with van der Waals surface area (Å²) in [5.41, 5.74) is 1.54. The van der Waals surface area contributed by atoms with Crippen LogP contribution in [0.3, 0.4) is 0 Å². The standard InChI is InChI=1S/C20H26N2O4S/c1-4-26-19-8-6-5-7-18(19)21-20(23)14-11-16-9-12-17(13-10-16)27(24,25)22-15(2)3/h5-10,12-13,15,22H,4,11,14H2,1-3H3,(H,21,23). The second-order valence-corrected chi connectivity index (χ2v) is 8.11. The molecule has 0 radical (unpaired) electrons. The van der Waals surface area contributed by atoms with Gasteiger partial charge in [-0.3, -0.25) is 4.79 Å². The first-order chi connectivity index (χ1) is 12.8. The predicted molar refractivity (Wildman–Crippen MR) is 106 cm³/mol. The average Bonchev–Trinajstić information content (AvgIpc) is 2.61. The number of hydrogen-bond acceptors (Lipinski definition) is 4. The van der Waals surface area contributed by atoms with Crippen LogP contribution in [-0.2, 0) is 21.2 Å². The molecule has 2 N–H and O–H groups in total. The van der Waals surface area contributed by atoms with E-state index in [-0.39, 0.29) is 23.3 Å². The summed E-state index contributed by atoms with van der Waals surface area (Å²) in [6.07, 6.45) is 0.803. The first kappa shape index (κ1) is 20.9. The number of amides is 1. The third kappa shape index (κ3) is 6.37. The topological polar surface area (TPSA) is 84.5 Å². The fourth-order valence-electron chi connectivity index (χ4n) is 2.54. The van der Waals surface area contributed by atoms with E-state index in [4.69, 9.17) is 4.74 Å². The van der Waals surface area contributed by atoms with Gasteiger partial charge in [0.25, 0.3) is 0 Å². The molecule has 1 amide bonds. The molecule has 6 nitrogen and oxygen atoms in total. The van der Waals surface area contributed by atoms with Crippen LogP contribution in [0.4, 0.5) is 5.69 Å². The second kappa shape index (κ2) is 9.53. The van der Waals surface area contributed by atoms with E-state index in [1.54, 1.807) is 44.2 Å². The zero-order valence-electron chi connectivity index (χ0n) is 15.9. The van der Waals surface area contributed by atoms with Gasteiger partial charge in [-0.05, 0) is 57.0 Å². The molecule has 0 unspecified atom stereocenters. The van der Waals surface area contributed by atoms with Crippen LogP contribution in [0.2, 0.25) is 0 Å². The van der Waals surface area contributed by atoms with Crippen molar-refractivity contribution in [3.8, 4) is 5.75 Å². The lowest BCUT2D eigenvalue weighted by molar-refractivity contribution is -0.116. The number of nitrogens with one attached hydrogen (secondary N) is 2. The van der Waals surface area contributed by atoms with Gasteiger partial charge in [-0.1, -0.05) is 24.3 Å². The van der Waals surface area contributed by atoms with Crippen molar-refractivity contribution in [2.75, 3.05) is 11.9 Å². The fourth-order valence-corrected chi connectivity index (χ4v) is 3.79. The van der Waals surface area contributed by atoms with E-state index < -0.39 is 10.0 Å². The molecule has 0 spiro atoms. The molecule has 0 aliphatic carbocycles. The molecule has 0 fully saturated rings. The molecular weight excluding hydrogens is 364 g/mol. The van der Waals surface area contributed by atoms with E-state index in [0.29, 0.717) is 24.5 Å². The SMILES string of the molecule is CCOc1ccccc1NC(=O)CCc1ccc(S(=O)(=O)NC(C)C)cc1. The van der Waals surface area contributed by atoms with Crippen molar-refractivity contribution in [2.24, 2.45) is 0 Å². The number of sulfonamides is 1. The van der Waals surface area contributed by atoms with Crippen LogP contribution in [0.25, 0.3) is 0 Å². The summed E-state index contributed by atoms with van der Waals surface area (Å²) in [5.74, 6) is 0.515. The van der Waals surface area contributed by atoms with Gasteiger partial charge in [0.2, 0.25) is 15.9 Å². The molecule has 7 heteroatoms. The lowest BCUT2D eigenvalue weighted by atomic mass is 10.1. The largest absolute Gasteiger partial charge is 0.492 e. The molecule has 27 heavy (non-hydrogen) atoms. The van der Waals surface area contributed by atoms with E-state index in [2.05, 4.69) is 10.0 Å². The number of ether oxygens (including phenoxy) is 1. The quantitative estimate of drug-likeness (QED) is 0.688. The number of rotatable bonds is 9. The lowest BCUT2D eigenvalue weighted by Gasteiger charge is -2.11. The number of hydrogen-bond donors (Lipinski definition) is 2. The molecule has 0 aromatic heterocycles. The summed E-state index contributed by atoms with van der Waals surface area (Å²) >= 11 is 0. The first-order valence-electron chi connectivity index (χ1n) is 8.94. The van der Waals surface area contributed by atoms with Gasteiger partial charge in [0.1, 0.15) is 5.75 Å².